The molecule has 0 radical (unpaired) electrons. The van der Waals surface area contributed by atoms with Gasteiger partial charge in [0.25, 0.3) is 5.91 Å². The zero-order valence-corrected chi connectivity index (χ0v) is 13.5. The number of rotatable bonds is 4. The minimum Gasteiger partial charge on any atom is -0.495 e. The molecule has 7 nitrogen and oxygen atoms in total. The SMILES string of the molecule is COc1ccccc1NC(=O)C[C@H]1NC(=O)c2ccccc2NC1=O. The molecule has 0 aromatic heterocycles. The van der Waals surface area contributed by atoms with E-state index in [2.05, 4.69) is 16.0 Å². The van der Waals surface area contributed by atoms with Crippen molar-refractivity contribution in [1.29, 1.82) is 0 Å². The summed E-state index contributed by atoms with van der Waals surface area (Å²) in [7, 11) is 1.50. The van der Waals surface area contributed by atoms with Crippen LogP contribution in [0.1, 0.15) is 16.8 Å². The molecule has 0 bridgehead atoms. The first-order valence-corrected chi connectivity index (χ1v) is 7.72. The quantitative estimate of drug-likeness (QED) is 0.791. The van der Waals surface area contributed by atoms with E-state index in [0.29, 0.717) is 22.7 Å². The smallest absolute Gasteiger partial charge is 0.254 e. The summed E-state index contributed by atoms with van der Waals surface area (Å²) in [5, 5.41) is 7.95. The lowest BCUT2D eigenvalue weighted by Gasteiger charge is -2.15. The standard InChI is InChI=1S/C18H17N3O4/c1-25-15-9-5-4-8-13(15)19-16(22)10-14-18(24)20-12-7-3-2-6-11(12)17(23)21-14/h2-9,14H,10H2,1H3,(H,19,22)(H,20,24)(H,21,23)/t14-/m1/s1. The number of ether oxygens (including phenoxy) is 1. The molecule has 0 fully saturated rings. The van der Waals surface area contributed by atoms with E-state index in [1.54, 1.807) is 48.5 Å². The summed E-state index contributed by atoms with van der Waals surface area (Å²) >= 11 is 0. The first-order chi connectivity index (χ1) is 12.1. The van der Waals surface area contributed by atoms with Gasteiger partial charge in [0.15, 0.2) is 0 Å². The predicted molar refractivity (Wildman–Crippen MR) is 92.6 cm³/mol. The lowest BCUT2D eigenvalue weighted by molar-refractivity contribution is -0.122. The van der Waals surface area contributed by atoms with Gasteiger partial charge >= 0.3 is 0 Å². The van der Waals surface area contributed by atoms with Crippen LogP contribution in [0.15, 0.2) is 48.5 Å². The first-order valence-electron chi connectivity index (χ1n) is 7.72. The summed E-state index contributed by atoms with van der Waals surface area (Å²) in [6.45, 7) is 0. The molecule has 0 unspecified atom stereocenters. The van der Waals surface area contributed by atoms with Crippen molar-refractivity contribution in [2.45, 2.75) is 12.5 Å². The maximum absolute atomic E-state index is 12.3. The Morgan fingerprint density at radius 1 is 1.12 bits per heavy atom. The Labute approximate surface area is 144 Å². The number of fused-ring (bicyclic) bond motifs is 1. The molecule has 1 atom stereocenters. The minimum atomic E-state index is -0.963. The molecule has 2 aromatic rings. The van der Waals surface area contributed by atoms with Gasteiger partial charge in [-0.25, -0.2) is 0 Å². The van der Waals surface area contributed by atoms with Gasteiger partial charge in [0.05, 0.1) is 30.5 Å². The maximum atomic E-state index is 12.3. The van der Waals surface area contributed by atoms with Crippen molar-refractivity contribution < 1.29 is 19.1 Å². The van der Waals surface area contributed by atoms with Crippen LogP contribution in [0, 0.1) is 0 Å². The number of nitrogens with one attached hydrogen (secondary N) is 3. The normalized spacial score (nSPS) is 16.1. The Morgan fingerprint density at radius 3 is 2.64 bits per heavy atom. The van der Waals surface area contributed by atoms with Crippen molar-refractivity contribution in [3.8, 4) is 5.75 Å². The molecule has 2 aromatic carbocycles. The van der Waals surface area contributed by atoms with Gasteiger partial charge in [0.1, 0.15) is 11.8 Å². The van der Waals surface area contributed by atoms with Crippen LogP contribution in [-0.2, 0) is 9.59 Å². The largest absolute Gasteiger partial charge is 0.495 e. The Kier molecular flexibility index (Phi) is 4.65. The Morgan fingerprint density at radius 2 is 1.84 bits per heavy atom. The number of amides is 3. The van der Waals surface area contributed by atoms with Crippen LogP contribution in [-0.4, -0.2) is 30.9 Å². The summed E-state index contributed by atoms with van der Waals surface area (Å²) in [6.07, 6.45) is -0.191. The zero-order chi connectivity index (χ0) is 17.8. The van der Waals surface area contributed by atoms with Crippen LogP contribution in [0.5, 0.6) is 5.75 Å². The van der Waals surface area contributed by atoms with Crippen molar-refractivity contribution in [2.75, 3.05) is 17.7 Å². The van der Waals surface area contributed by atoms with Gasteiger partial charge < -0.3 is 20.7 Å². The third-order valence-corrected chi connectivity index (χ3v) is 3.82. The molecule has 3 rings (SSSR count). The van der Waals surface area contributed by atoms with Crippen molar-refractivity contribution in [1.82, 2.24) is 5.32 Å². The number of hydrogen-bond acceptors (Lipinski definition) is 4. The molecule has 0 saturated carbocycles. The summed E-state index contributed by atoms with van der Waals surface area (Å²) in [6, 6.07) is 12.7. The Bertz CT molecular complexity index is 835. The Hall–Kier alpha value is -3.35. The van der Waals surface area contributed by atoms with E-state index < -0.39 is 23.8 Å². The Balaban J connectivity index is 1.71. The number of carbonyl (C=O) groups is 3. The average Bonchev–Trinajstić information content (AvgIpc) is 2.72. The summed E-state index contributed by atoms with van der Waals surface area (Å²) < 4.78 is 5.17. The minimum absolute atomic E-state index is 0.191. The van der Waals surface area contributed by atoms with E-state index in [4.69, 9.17) is 4.74 Å². The fourth-order valence-electron chi connectivity index (χ4n) is 2.59. The molecule has 1 aliphatic rings. The highest BCUT2D eigenvalue weighted by Gasteiger charge is 2.29. The van der Waals surface area contributed by atoms with Crippen LogP contribution in [0.4, 0.5) is 11.4 Å². The first kappa shape index (κ1) is 16.5. The molecule has 1 heterocycles. The third kappa shape index (κ3) is 3.60. The average molecular weight is 339 g/mol. The maximum Gasteiger partial charge on any atom is 0.254 e. The van der Waals surface area contributed by atoms with Crippen LogP contribution >= 0.6 is 0 Å². The van der Waals surface area contributed by atoms with Crippen molar-refractivity contribution in [2.24, 2.45) is 0 Å². The second-order valence-electron chi connectivity index (χ2n) is 5.51. The molecule has 128 valence electrons. The molecule has 0 aliphatic carbocycles. The van der Waals surface area contributed by atoms with Gasteiger partial charge in [-0.1, -0.05) is 24.3 Å². The number of carbonyl (C=O) groups excluding carboxylic acids is 3. The summed E-state index contributed by atoms with van der Waals surface area (Å²) in [5.41, 5.74) is 1.29. The molecule has 7 heteroatoms. The molecule has 25 heavy (non-hydrogen) atoms. The van der Waals surface area contributed by atoms with Crippen LogP contribution in [0.3, 0.4) is 0 Å². The van der Waals surface area contributed by atoms with E-state index in [1.165, 1.54) is 7.11 Å². The van der Waals surface area contributed by atoms with Gasteiger partial charge in [-0.15, -0.1) is 0 Å². The highest BCUT2D eigenvalue weighted by molar-refractivity contribution is 6.11. The van der Waals surface area contributed by atoms with Gasteiger partial charge in [-0.2, -0.15) is 0 Å². The van der Waals surface area contributed by atoms with E-state index >= 15 is 0 Å². The molecule has 1 aliphatic heterocycles. The van der Waals surface area contributed by atoms with Gasteiger partial charge in [0, 0.05) is 0 Å². The van der Waals surface area contributed by atoms with Crippen LogP contribution in [0.2, 0.25) is 0 Å². The van der Waals surface area contributed by atoms with E-state index in [1.807, 2.05) is 0 Å². The molecule has 3 N–H and O–H groups in total. The molecular formula is C18H17N3O4. The second-order valence-corrected chi connectivity index (χ2v) is 5.51. The van der Waals surface area contributed by atoms with Crippen LogP contribution in [0.25, 0.3) is 0 Å². The fourth-order valence-corrected chi connectivity index (χ4v) is 2.59. The molecule has 0 saturated heterocycles. The summed E-state index contributed by atoms with van der Waals surface area (Å²) in [4.78, 5) is 36.8. The lowest BCUT2D eigenvalue weighted by atomic mass is 10.1. The highest BCUT2D eigenvalue weighted by atomic mass is 16.5. The van der Waals surface area contributed by atoms with E-state index in [-0.39, 0.29) is 6.42 Å². The predicted octanol–water partition coefficient (Wildman–Crippen LogP) is 1.77. The third-order valence-electron chi connectivity index (χ3n) is 3.82. The zero-order valence-electron chi connectivity index (χ0n) is 13.5. The number of hydrogen-bond donors (Lipinski definition) is 3. The number of benzene rings is 2. The topological polar surface area (TPSA) is 96.5 Å². The van der Waals surface area contributed by atoms with Crippen molar-refractivity contribution in [3.05, 3.63) is 54.1 Å². The van der Waals surface area contributed by atoms with Crippen molar-refractivity contribution in [3.63, 3.8) is 0 Å². The summed E-state index contributed by atoms with van der Waals surface area (Å²) in [5.74, 6) is -0.731. The van der Waals surface area contributed by atoms with Crippen molar-refractivity contribution >= 4 is 29.1 Å². The number of methoxy groups -OCH3 is 1. The van der Waals surface area contributed by atoms with E-state index in [9.17, 15) is 14.4 Å². The lowest BCUT2D eigenvalue weighted by Crippen LogP contribution is -2.43. The second kappa shape index (κ2) is 7.04. The van der Waals surface area contributed by atoms with E-state index in [0.717, 1.165) is 0 Å². The fraction of sp³-hybridized carbons (Fsp3) is 0.167. The molecule has 3 amide bonds. The molecule has 0 spiro atoms. The van der Waals surface area contributed by atoms with Gasteiger partial charge in [-0.3, -0.25) is 14.4 Å². The molecular weight excluding hydrogens is 322 g/mol. The highest BCUT2D eigenvalue weighted by Crippen LogP contribution is 2.24. The van der Waals surface area contributed by atoms with Crippen LogP contribution < -0.4 is 20.7 Å². The van der Waals surface area contributed by atoms with Gasteiger partial charge in [0.2, 0.25) is 11.8 Å². The number of para-hydroxylation sites is 3. The monoisotopic (exact) mass is 339 g/mol. The number of anilines is 2. The van der Waals surface area contributed by atoms with Gasteiger partial charge in [-0.05, 0) is 24.3 Å².